The van der Waals surface area contributed by atoms with Crippen LogP contribution in [0.1, 0.15) is 50.1 Å². The van der Waals surface area contributed by atoms with E-state index in [0.29, 0.717) is 0 Å². The number of fused-ring (bicyclic) bond motifs is 1. The Hall–Kier alpha value is -3.10. The molecule has 0 saturated carbocycles. The normalized spacial score (nSPS) is 13.1. The Kier molecular flexibility index (Phi) is 10.4. The number of hydrogen-bond acceptors (Lipinski definition) is 2. The standard InChI is InChI=1S/C21H27N2.C19H15.2ClH.Ru/c1-14-9-16(3)20(17(4)10-14)22-7-8-23(13-22)21-18(5)11-15(2)12-19(21)6;1-13-7-6-10-17(15(13)3)19-14(2)11-12-16-8-4-5-9-18(16)19;;;/h9-13H,7-8H2,1-6H3;1,4-12H,3H2,2H3;2*1H;/q2*-1;;;+2/p-2. The number of halogens is 2. The second-order valence-corrected chi connectivity index (χ2v) is 17.9. The first-order valence-electron chi connectivity index (χ1n) is 15.3. The molecule has 1 fully saturated rings. The summed E-state index contributed by atoms with van der Waals surface area (Å²) < 4.78 is 1.96. The van der Waals surface area contributed by atoms with Gasteiger partial charge in [0.1, 0.15) is 0 Å². The molecule has 0 radical (unpaired) electrons. The molecule has 5 aromatic carbocycles. The number of benzene rings is 5. The first kappa shape index (κ1) is 33.3. The van der Waals surface area contributed by atoms with Gasteiger partial charge in [0, 0.05) is 24.5 Å². The summed E-state index contributed by atoms with van der Waals surface area (Å²) in [6.45, 7) is 24.0. The summed E-state index contributed by atoms with van der Waals surface area (Å²) in [4.78, 5) is 4.81. The van der Waals surface area contributed by atoms with Gasteiger partial charge in [-0.15, -0.1) is 0 Å². The minimum atomic E-state index is -1.86. The van der Waals surface area contributed by atoms with Crippen molar-refractivity contribution >= 4 is 46.1 Å². The van der Waals surface area contributed by atoms with Crippen LogP contribution in [0.4, 0.5) is 11.4 Å². The van der Waals surface area contributed by atoms with Crippen molar-refractivity contribution in [3.63, 3.8) is 0 Å². The Bertz CT molecular complexity index is 1800. The Morgan fingerprint density at radius 3 is 1.73 bits per heavy atom. The van der Waals surface area contributed by atoms with E-state index in [0.717, 1.165) is 29.8 Å². The summed E-state index contributed by atoms with van der Waals surface area (Å²) in [5, 5.41) is 2.48. The molecule has 0 bridgehead atoms. The van der Waals surface area contributed by atoms with Gasteiger partial charge in [-0.25, -0.2) is 0 Å². The van der Waals surface area contributed by atoms with E-state index in [1.54, 1.807) is 0 Å². The van der Waals surface area contributed by atoms with E-state index < -0.39 is 13.5 Å². The molecule has 1 aliphatic heterocycles. The third kappa shape index (κ3) is 7.33. The number of nitrogens with zero attached hydrogens (tertiary/aromatic N) is 2. The van der Waals surface area contributed by atoms with Crippen LogP contribution in [-0.4, -0.2) is 17.7 Å². The monoisotopic (exact) mass is 722 g/mol. The average Bonchev–Trinajstić information content (AvgIpc) is 3.42. The molecule has 236 valence electrons. The zero-order valence-electron chi connectivity index (χ0n) is 27.3. The topological polar surface area (TPSA) is 6.48 Å². The Labute approximate surface area is 283 Å². The molecule has 6 rings (SSSR count). The predicted molar refractivity (Wildman–Crippen MR) is 196 cm³/mol. The third-order valence-corrected chi connectivity index (χ3v) is 10.3. The van der Waals surface area contributed by atoms with E-state index in [1.165, 1.54) is 66.7 Å². The fourth-order valence-electron chi connectivity index (χ4n) is 6.84. The fourth-order valence-corrected chi connectivity index (χ4v) is 8.71. The van der Waals surface area contributed by atoms with Gasteiger partial charge < -0.3 is 9.80 Å². The average molecular weight is 723 g/mol. The first-order valence-corrected chi connectivity index (χ1v) is 20.7. The second-order valence-electron chi connectivity index (χ2n) is 12.2. The summed E-state index contributed by atoms with van der Waals surface area (Å²) in [5.41, 5.74) is 16.5. The van der Waals surface area contributed by atoms with Gasteiger partial charge >= 0.3 is 145 Å². The van der Waals surface area contributed by atoms with Gasteiger partial charge in [-0.2, -0.15) is 6.67 Å². The molecule has 0 aromatic heterocycles. The van der Waals surface area contributed by atoms with Crippen LogP contribution < -0.4 is 9.80 Å². The van der Waals surface area contributed by atoms with Crippen molar-refractivity contribution in [1.29, 1.82) is 0 Å². The zero-order valence-corrected chi connectivity index (χ0v) is 30.5. The van der Waals surface area contributed by atoms with Gasteiger partial charge in [-0.05, 0) is 63.8 Å². The SMILES string of the molecule is Cc1cc(C)c(N2[CH-]N(c3c(C)cc(C)cc3C)CC2)c(C)c1.[CH2-]c1c([CH]=[Ru]([Cl])[Cl])cccc1-c1c(C)ccc2ccccc12. The van der Waals surface area contributed by atoms with E-state index in [9.17, 15) is 0 Å². The van der Waals surface area contributed by atoms with Gasteiger partial charge in [0.2, 0.25) is 0 Å². The van der Waals surface area contributed by atoms with Crippen molar-refractivity contribution in [2.24, 2.45) is 0 Å². The van der Waals surface area contributed by atoms with Crippen molar-refractivity contribution in [2.45, 2.75) is 48.5 Å². The molecule has 5 aromatic rings. The van der Waals surface area contributed by atoms with Gasteiger partial charge in [-0.1, -0.05) is 35.4 Å². The van der Waals surface area contributed by atoms with Crippen molar-refractivity contribution in [3.05, 3.63) is 143 Å². The van der Waals surface area contributed by atoms with Crippen molar-refractivity contribution in [3.8, 4) is 11.1 Å². The quantitative estimate of drug-likeness (QED) is 0.135. The molecule has 0 aliphatic carbocycles. The van der Waals surface area contributed by atoms with Crippen LogP contribution in [0.3, 0.4) is 0 Å². The second kappa shape index (κ2) is 14.1. The van der Waals surface area contributed by atoms with Crippen LogP contribution in [-0.2, 0) is 13.5 Å². The summed E-state index contributed by atoms with van der Waals surface area (Å²) in [5.74, 6) is 0. The molecule has 0 amide bonds. The van der Waals surface area contributed by atoms with E-state index in [4.69, 9.17) is 19.4 Å². The molecular weight excluding hydrogens is 680 g/mol. The van der Waals surface area contributed by atoms with E-state index >= 15 is 0 Å². The number of anilines is 2. The van der Waals surface area contributed by atoms with Gasteiger partial charge in [0.15, 0.2) is 0 Å². The first-order chi connectivity index (χ1) is 21.4. The van der Waals surface area contributed by atoms with E-state index in [-0.39, 0.29) is 0 Å². The van der Waals surface area contributed by atoms with Gasteiger partial charge in [-0.3, -0.25) is 0 Å². The Balaban J connectivity index is 0.000000178. The van der Waals surface area contributed by atoms with Crippen molar-refractivity contribution < 1.29 is 13.5 Å². The zero-order chi connectivity index (χ0) is 32.4. The molecule has 1 saturated heterocycles. The Morgan fingerprint density at radius 2 is 1.20 bits per heavy atom. The van der Waals surface area contributed by atoms with Crippen molar-refractivity contribution in [2.75, 3.05) is 22.9 Å². The maximum absolute atomic E-state index is 6.03. The van der Waals surface area contributed by atoms with E-state index in [1.807, 2.05) is 16.7 Å². The van der Waals surface area contributed by atoms with Crippen molar-refractivity contribution in [1.82, 2.24) is 0 Å². The molecule has 45 heavy (non-hydrogen) atoms. The van der Waals surface area contributed by atoms with Crippen LogP contribution in [0.5, 0.6) is 0 Å². The van der Waals surface area contributed by atoms with E-state index in [2.05, 4.69) is 139 Å². The molecule has 0 spiro atoms. The molecule has 2 nitrogen and oxygen atoms in total. The van der Waals surface area contributed by atoms with Crippen LogP contribution in [0.2, 0.25) is 0 Å². The minimum absolute atomic E-state index is 0.988. The van der Waals surface area contributed by atoms with Crippen LogP contribution in [0.15, 0.2) is 78.9 Å². The molecule has 0 N–H and O–H groups in total. The third-order valence-electron chi connectivity index (χ3n) is 8.51. The fraction of sp³-hybridized carbons (Fsp3) is 0.225. The molecule has 0 atom stereocenters. The molecule has 0 unspecified atom stereocenters. The van der Waals surface area contributed by atoms with Gasteiger partial charge in [0.05, 0.1) is 0 Å². The van der Waals surface area contributed by atoms with Crippen LogP contribution in [0, 0.1) is 62.1 Å². The number of rotatable bonds is 4. The Morgan fingerprint density at radius 1 is 0.667 bits per heavy atom. The number of aryl methyl sites for hydroxylation is 7. The summed E-state index contributed by atoms with van der Waals surface area (Å²) in [6, 6.07) is 28.1. The van der Waals surface area contributed by atoms with Crippen LogP contribution in [0.25, 0.3) is 21.9 Å². The predicted octanol–water partition coefficient (Wildman–Crippen LogP) is 11.1. The molecule has 1 heterocycles. The molecular formula is C40H42Cl2N2Ru-2. The molecule has 5 heteroatoms. The summed E-state index contributed by atoms with van der Waals surface area (Å²) in [7, 11) is 12.1. The summed E-state index contributed by atoms with van der Waals surface area (Å²) in [6.07, 6.45) is 0. The summed E-state index contributed by atoms with van der Waals surface area (Å²) >= 11 is -1.86. The molecule has 1 aliphatic rings. The number of hydrogen-bond donors (Lipinski definition) is 0. The maximum atomic E-state index is 6.03. The van der Waals surface area contributed by atoms with Crippen LogP contribution >= 0.6 is 19.4 Å². The van der Waals surface area contributed by atoms with Gasteiger partial charge in [0.25, 0.3) is 0 Å².